The van der Waals surface area contributed by atoms with Gasteiger partial charge >= 0.3 is 5.97 Å². The van der Waals surface area contributed by atoms with Gasteiger partial charge in [-0.15, -0.1) is 0 Å². The zero-order valence-corrected chi connectivity index (χ0v) is 9.55. The first-order valence-corrected chi connectivity index (χ1v) is 5.35. The average molecular weight is 230 g/mol. The summed E-state index contributed by atoms with van der Waals surface area (Å²) >= 11 is 0. The summed E-state index contributed by atoms with van der Waals surface area (Å²) in [5.41, 5.74) is 5.17. The molecule has 3 N–H and O–H groups in total. The van der Waals surface area contributed by atoms with Crippen LogP contribution in [0.1, 0.15) is 12.6 Å². The topological polar surface area (TPSA) is 76.2 Å². The lowest BCUT2D eigenvalue weighted by molar-refractivity contribution is -0.142. The number of nitrogens with zero attached hydrogens (tertiary/aromatic N) is 1. The number of aromatic nitrogens is 1. The van der Waals surface area contributed by atoms with Crippen molar-refractivity contribution in [1.82, 2.24) is 4.98 Å². The van der Waals surface area contributed by atoms with Gasteiger partial charge in [0.05, 0.1) is 5.69 Å². The fourth-order valence-electron chi connectivity index (χ4n) is 1.75. The van der Waals surface area contributed by atoms with Gasteiger partial charge in [0.2, 0.25) is 0 Å². The Kier molecular flexibility index (Phi) is 2.81. The van der Waals surface area contributed by atoms with Crippen LogP contribution in [-0.4, -0.2) is 21.6 Å². The molecule has 0 bridgehead atoms. The summed E-state index contributed by atoms with van der Waals surface area (Å²) in [6.07, 6.45) is 1.89. The zero-order chi connectivity index (χ0) is 12.5. The molecule has 17 heavy (non-hydrogen) atoms. The van der Waals surface area contributed by atoms with Crippen molar-refractivity contribution in [3.63, 3.8) is 0 Å². The Morgan fingerprint density at radius 1 is 1.41 bits per heavy atom. The van der Waals surface area contributed by atoms with E-state index < -0.39 is 11.5 Å². The molecule has 0 aliphatic rings. The van der Waals surface area contributed by atoms with E-state index in [9.17, 15) is 4.79 Å². The number of carboxylic acid groups (broad SMARTS) is 1. The van der Waals surface area contributed by atoms with Gasteiger partial charge in [0.15, 0.2) is 0 Å². The maximum Gasteiger partial charge on any atom is 0.323 e. The van der Waals surface area contributed by atoms with Crippen LogP contribution >= 0.6 is 0 Å². The maximum atomic E-state index is 11.0. The fourth-order valence-corrected chi connectivity index (χ4v) is 1.75. The Morgan fingerprint density at radius 3 is 2.82 bits per heavy atom. The van der Waals surface area contributed by atoms with Crippen LogP contribution in [0.25, 0.3) is 10.8 Å². The van der Waals surface area contributed by atoms with Gasteiger partial charge < -0.3 is 10.8 Å². The molecular formula is C13H14N2O2. The van der Waals surface area contributed by atoms with E-state index in [0.29, 0.717) is 0 Å². The minimum absolute atomic E-state index is 0.212. The standard InChI is InChI=1S/C13H14N2O2/c1-13(14,12(16)17)8-11-10-5-3-2-4-9(10)6-7-15-11/h2-7H,8,14H2,1H3,(H,16,17). The molecule has 4 nitrogen and oxygen atoms in total. The normalized spacial score (nSPS) is 14.5. The largest absolute Gasteiger partial charge is 0.480 e. The highest BCUT2D eigenvalue weighted by Gasteiger charge is 2.29. The number of benzene rings is 1. The van der Waals surface area contributed by atoms with Crippen molar-refractivity contribution in [2.24, 2.45) is 5.73 Å². The molecule has 4 heteroatoms. The first-order valence-electron chi connectivity index (χ1n) is 5.35. The molecule has 0 spiro atoms. The number of fused-ring (bicyclic) bond motifs is 1. The van der Waals surface area contributed by atoms with E-state index in [2.05, 4.69) is 4.98 Å². The highest BCUT2D eigenvalue weighted by Crippen LogP contribution is 2.19. The summed E-state index contributed by atoms with van der Waals surface area (Å²) in [6.45, 7) is 1.50. The molecule has 0 aliphatic heterocycles. The first-order chi connectivity index (χ1) is 8.00. The molecule has 0 saturated heterocycles. The Balaban J connectivity index is 2.46. The molecule has 2 aromatic rings. The molecule has 1 atom stereocenters. The molecule has 0 radical (unpaired) electrons. The van der Waals surface area contributed by atoms with Crippen LogP contribution in [0.3, 0.4) is 0 Å². The van der Waals surface area contributed by atoms with Crippen LogP contribution < -0.4 is 5.73 Å². The summed E-state index contributed by atoms with van der Waals surface area (Å²) < 4.78 is 0. The van der Waals surface area contributed by atoms with Crippen LogP contribution in [0, 0.1) is 0 Å². The fraction of sp³-hybridized carbons (Fsp3) is 0.231. The summed E-state index contributed by atoms with van der Waals surface area (Å²) in [7, 11) is 0. The maximum absolute atomic E-state index is 11.0. The smallest absolute Gasteiger partial charge is 0.323 e. The average Bonchev–Trinajstić information content (AvgIpc) is 2.29. The highest BCUT2D eigenvalue weighted by atomic mass is 16.4. The number of hydrogen-bond acceptors (Lipinski definition) is 3. The van der Waals surface area contributed by atoms with Crippen LogP contribution in [-0.2, 0) is 11.2 Å². The Hall–Kier alpha value is -1.94. The van der Waals surface area contributed by atoms with Crippen molar-refractivity contribution < 1.29 is 9.90 Å². The number of nitrogens with two attached hydrogens (primary N) is 1. The van der Waals surface area contributed by atoms with Crippen molar-refractivity contribution >= 4 is 16.7 Å². The number of rotatable bonds is 3. The molecule has 0 aliphatic carbocycles. The number of aliphatic carboxylic acids is 1. The van der Waals surface area contributed by atoms with E-state index in [4.69, 9.17) is 10.8 Å². The Labute approximate surface area is 99.1 Å². The number of pyridine rings is 1. The van der Waals surface area contributed by atoms with Gasteiger partial charge in [0, 0.05) is 18.0 Å². The van der Waals surface area contributed by atoms with E-state index in [1.54, 1.807) is 6.20 Å². The van der Waals surface area contributed by atoms with Crippen LogP contribution in [0.4, 0.5) is 0 Å². The Morgan fingerprint density at radius 2 is 2.12 bits per heavy atom. The third-order valence-corrected chi connectivity index (χ3v) is 2.78. The third kappa shape index (κ3) is 2.26. The second-order valence-electron chi connectivity index (χ2n) is 4.38. The molecule has 1 aromatic heterocycles. The molecule has 0 saturated carbocycles. The number of hydrogen-bond donors (Lipinski definition) is 2. The van der Waals surface area contributed by atoms with Gasteiger partial charge in [-0.05, 0) is 18.4 Å². The summed E-state index contributed by atoms with van der Waals surface area (Å²) in [6, 6.07) is 9.63. The minimum atomic E-state index is -1.29. The summed E-state index contributed by atoms with van der Waals surface area (Å²) in [5, 5.41) is 11.0. The monoisotopic (exact) mass is 230 g/mol. The highest BCUT2D eigenvalue weighted by molar-refractivity contribution is 5.85. The molecule has 88 valence electrons. The van der Waals surface area contributed by atoms with Gasteiger partial charge in [0.1, 0.15) is 5.54 Å². The minimum Gasteiger partial charge on any atom is -0.480 e. The van der Waals surface area contributed by atoms with E-state index in [1.807, 2.05) is 30.3 Å². The van der Waals surface area contributed by atoms with Gasteiger partial charge in [-0.2, -0.15) is 0 Å². The van der Waals surface area contributed by atoms with Crippen molar-refractivity contribution in [2.75, 3.05) is 0 Å². The van der Waals surface area contributed by atoms with Gasteiger partial charge in [-0.25, -0.2) is 0 Å². The predicted molar refractivity (Wildman–Crippen MR) is 65.7 cm³/mol. The molecule has 2 rings (SSSR count). The molecule has 0 fully saturated rings. The zero-order valence-electron chi connectivity index (χ0n) is 9.55. The third-order valence-electron chi connectivity index (χ3n) is 2.78. The van der Waals surface area contributed by atoms with Crippen molar-refractivity contribution in [1.29, 1.82) is 0 Å². The van der Waals surface area contributed by atoms with Crippen molar-refractivity contribution in [3.05, 3.63) is 42.2 Å². The van der Waals surface area contributed by atoms with E-state index in [0.717, 1.165) is 16.5 Å². The second-order valence-corrected chi connectivity index (χ2v) is 4.38. The van der Waals surface area contributed by atoms with E-state index in [-0.39, 0.29) is 6.42 Å². The molecule has 1 heterocycles. The Bertz CT molecular complexity index is 559. The van der Waals surface area contributed by atoms with Crippen LogP contribution in [0.15, 0.2) is 36.5 Å². The molecule has 1 unspecified atom stereocenters. The molecule has 1 aromatic carbocycles. The lowest BCUT2D eigenvalue weighted by atomic mass is 9.94. The number of carboxylic acids is 1. The first kappa shape index (κ1) is 11.5. The molecular weight excluding hydrogens is 216 g/mol. The SMILES string of the molecule is CC(N)(Cc1nccc2ccccc12)C(=O)O. The predicted octanol–water partition coefficient (Wildman–Crippen LogP) is 1.58. The van der Waals surface area contributed by atoms with Crippen molar-refractivity contribution in [3.8, 4) is 0 Å². The van der Waals surface area contributed by atoms with Gasteiger partial charge in [-0.3, -0.25) is 9.78 Å². The summed E-state index contributed by atoms with van der Waals surface area (Å²) in [4.78, 5) is 15.2. The quantitative estimate of drug-likeness (QED) is 0.839. The van der Waals surface area contributed by atoms with Crippen LogP contribution in [0.2, 0.25) is 0 Å². The summed E-state index contributed by atoms with van der Waals surface area (Å²) in [5.74, 6) is -1.02. The van der Waals surface area contributed by atoms with Gasteiger partial charge in [0.25, 0.3) is 0 Å². The van der Waals surface area contributed by atoms with Crippen molar-refractivity contribution in [2.45, 2.75) is 18.9 Å². The van der Waals surface area contributed by atoms with Crippen LogP contribution in [0.5, 0.6) is 0 Å². The van der Waals surface area contributed by atoms with E-state index >= 15 is 0 Å². The lowest BCUT2D eigenvalue weighted by Gasteiger charge is -2.19. The van der Waals surface area contributed by atoms with Gasteiger partial charge in [-0.1, -0.05) is 24.3 Å². The lowest BCUT2D eigenvalue weighted by Crippen LogP contribution is -2.47. The molecule has 0 amide bonds. The number of carbonyl (C=O) groups is 1. The second kappa shape index (κ2) is 4.14. The van der Waals surface area contributed by atoms with E-state index in [1.165, 1.54) is 6.92 Å².